The van der Waals surface area contributed by atoms with Crippen molar-refractivity contribution in [3.05, 3.63) is 29.8 Å². The lowest BCUT2D eigenvalue weighted by Gasteiger charge is -2.20. The van der Waals surface area contributed by atoms with E-state index in [2.05, 4.69) is 4.40 Å². The molecule has 1 heterocycles. The Labute approximate surface area is 114 Å². The molecule has 0 saturated carbocycles. The smallest absolute Gasteiger partial charge is 0.323 e. The maximum absolute atomic E-state index is 11.8. The molecule has 8 nitrogen and oxygen atoms in total. The number of amidine groups is 1. The minimum absolute atomic E-state index is 0.0595. The summed E-state index contributed by atoms with van der Waals surface area (Å²) in [4.78, 5) is 22.4. The normalized spacial score (nSPS) is 15.3. The fourth-order valence-corrected chi connectivity index (χ4v) is 3.08. The van der Waals surface area contributed by atoms with Gasteiger partial charge in [-0.05, 0) is 12.1 Å². The molecule has 0 fully saturated rings. The van der Waals surface area contributed by atoms with Crippen LogP contribution in [0.15, 0.2) is 33.6 Å². The van der Waals surface area contributed by atoms with Crippen LogP contribution in [0, 0.1) is 0 Å². The summed E-state index contributed by atoms with van der Waals surface area (Å²) in [5.74, 6) is -2.73. The maximum atomic E-state index is 11.8. The first kappa shape index (κ1) is 14.0. The molecule has 1 aromatic carbocycles. The van der Waals surface area contributed by atoms with Gasteiger partial charge in [0.1, 0.15) is 18.0 Å². The molecule has 0 amide bonds. The average molecular weight is 298 g/mol. The molecular formula is C11H10N2O6S. The van der Waals surface area contributed by atoms with E-state index in [0.717, 1.165) is 4.90 Å². The third-order valence-electron chi connectivity index (χ3n) is 2.56. The average Bonchev–Trinajstić information content (AvgIpc) is 2.60. The van der Waals surface area contributed by atoms with E-state index in [1.165, 1.54) is 18.2 Å². The van der Waals surface area contributed by atoms with Gasteiger partial charge in [-0.25, -0.2) is 0 Å². The zero-order valence-corrected chi connectivity index (χ0v) is 10.9. The molecule has 0 bridgehead atoms. The van der Waals surface area contributed by atoms with Crippen molar-refractivity contribution >= 4 is 27.8 Å². The Balaban J connectivity index is 2.49. The molecule has 0 spiro atoms. The number of aliphatic carboxylic acids is 2. The first-order valence-electron chi connectivity index (χ1n) is 5.44. The van der Waals surface area contributed by atoms with Gasteiger partial charge in [-0.1, -0.05) is 12.1 Å². The number of carbonyl (C=O) groups is 2. The van der Waals surface area contributed by atoms with Gasteiger partial charge in [-0.2, -0.15) is 8.42 Å². The van der Waals surface area contributed by atoms with Crippen LogP contribution in [-0.2, 0) is 19.6 Å². The van der Waals surface area contributed by atoms with Crippen LogP contribution in [0.5, 0.6) is 0 Å². The second kappa shape index (κ2) is 4.93. The van der Waals surface area contributed by atoms with E-state index >= 15 is 0 Å². The first-order valence-corrected chi connectivity index (χ1v) is 6.88. The maximum Gasteiger partial charge on any atom is 0.323 e. The number of hydrogen-bond acceptors (Lipinski definition) is 5. The predicted octanol–water partition coefficient (Wildman–Crippen LogP) is -0.393. The largest absolute Gasteiger partial charge is 0.480 e. The van der Waals surface area contributed by atoms with Gasteiger partial charge in [0.15, 0.2) is 5.84 Å². The van der Waals surface area contributed by atoms with Crippen LogP contribution in [0.4, 0.5) is 0 Å². The highest BCUT2D eigenvalue weighted by atomic mass is 32.2. The van der Waals surface area contributed by atoms with Gasteiger partial charge in [-0.15, -0.1) is 4.40 Å². The van der Waals surface area contributed by atoms with Gasteiger partial charge in [0.25, 0.3) is 10.0 Å². The summed E-state index contributed by atoms with van der Waals surface area (Å²) in [6.45, 7) is -1.32. The zero-order chi connectivity index (χ0) is 14.9. The molecule has 106 valence electrons. The molecule has 0 aromatic heterocycles. The summed E-state index contributed by atoms with van der Waals surface area (Å²) in [5.41, 5.74) is 0.204. The molecule has 0 atom stereocenters. The fraction of sp³-hybridized carbons (Fsp3) is 0.182. The van der Waals surface area contributed by atoms with Crippen molar-refractivity contribution in [2.24, 2.45) is 4.40 Å². The molecule has 0 aliphatic carbocycles. The Hall–Kier alpha value is -2.42. The molecule has 1 aliphatic heterocycles. The summed E-state index contributed by atoms with van der Waals surface area (Å²) in [6, 6.07) is 5.86. The number of benzene rings is 1. The SMILES string of the molecule is O=C(O)CN(CC(=O)O)C1=NS(=O)(=O)c2ccccc21. The number of hydrogen-bond donors (Lipinski definition) is 2. The molecular weight excluding hydrogens is 288 g/mol. The molecule has 1 aliphatic rings. The quantitative estimate of drug-likeness (QED) is 0.775. The summed E-state index contributed by atoms with van der Waals surface area (Å²) in [7, 11) is -3.91. The molecule has 0 saturated heterocycles. The van der Waals surface area contributed by atoms with Crippen LogP contribution in [0.25, 0.3) is 0 Å². The van der Waals surface area contributed by atoms with Crippen LogP contribution < -0.4 is 0 Å². The van der Waals surface area contributed by atoms with Gasteiger partial charge >= 0.3 is 11.9 Å². The predicted molar refractivity (Wildman–Crippen MR) is 67.0 cm³/mol. The monoisotopic (exact) mass is 298 g/mol. The lowest BCUT2D eigenvalue weighted by atomic mass is 10.2. The van der Waals surface area contributed by atoms with E-state index in [0.29, 0.717) is 0 Å². The van der Waals surface area contributed by atoms with Crippen LogP contribution in [0.2, 0.25) is 0 Å². The highest BCUT2D eigenvalue weighted by Crippen LogP contribution is 2.27. The molecule has 1 aromatic rings. The highest BCUT2D eigenvalue weighted by molar-refractivity contribution is 7.90. The highest BCUT2D eigenvalue weighted by Gasteiger charge is 2.32. The molecule has 0 unspecified atom stereocenters. The summed E-state index contributed by atoms with van der Waals surface area (Å²) in [6.07, 6.45) is 0. The van der Waals surface area contributed by atoms with Crippen molar-refractivity contribution in [2.45, 2.75) is 4.90 Å². The topological polar surface area (TPSA) is 124 Å². The molecule has 20 heavy (non-hydrogen) atoms. The van der Waals surface area contributed by atoms with Crippen LogP contribution in [0.3, 0.4) is 0 Å². The van der Waals surface area contributed by atoms with E-state index in [-0.39, 0.29) is 16.3 Å². The minimum atomic E-state index is -3.91. The van der Waals surface area contributed by atoms with Crippen molar-refractivity contribution in [3.8, 4) is 0 Å². The van der Waals surface area contributed by atoms with Crippen molar-refractivity contribution in [1.82, 2.24) is 4.90 Å². The lowest BCUT2D eigenvalue weighted by Crippen LogP contribution is -2.39. The van der Waals surface area contributed by atoms with E-state index in [4.69, 9.17) is 10.2 Å². The summed E-state index contributed by atoms with van der Waals surface area (Å²) >= 11 is 0. The van der Waals surface area contributed by atoms with E-state index < -0.39 is 35.1 Å². The Morgan fingerprint density at radius 3 is 2.20 bits per heavy atom. The summed E-state index contributed by atoms with van der Waals surface area (Å²) in [5, 5.41) is 17.6. The van der Waals surface area contributed by atoms with Gasteiger partial charge in [0.2, 0.25) is 0 Å². The standard InChI is InChI=1S/C11H10N2O6S/c14-9(15)5-13(6-10(16)17)11-7-3-1-2-4-8(7)20(18,19)12-11/h1-4H,5-6H2,(H,14,15)(H,16,17). The number of carboxylic acid groups (broad SMARTS) is 2. The third-order valence-corrected chi connectivity index (χ3v) is 3.89. The van der Waals surface area contributed by atoms with Gasteiger partial charge < -0.3 is 15.1 Å². The lowest BCUT2D eigenvalue weighted by molar-refractivity contribution is -0.140. The molecule has 2 N–H and O–H groups in total. The molecule has 0 radical (unpaired) electrons. The first-order chi connectivity index (χ1) is 9.31. The number of rotatable bonds is 4. The number of carboxylic acids is 2. The number of nitrogens with zero attached hydrogens (tertiary/aromatic N) is 2. The van der Waals surface area contributed by atoms with Crippen molar-refractivity contribution in [1.29, 1.82) is 0 Å². The van der Waals surface area contributed by atoms with Crippen molar-refractivity contribution in [2.75, 3.05) is 13.1 Å². The van der Waals surface area contributed by atoms with Gasteiger partial charge in [0, 0.05) is 5.56 Å². The van der Waals surface area contributed by atoms with E-state index in [9.17, 15) is 18.0 Å². The molecule has 9 heteroatoms. The van der Waals surface area contributed by atoms with Crippen LogP contribution in [-0.4, -0.2) is 54.4 Å². The number of fused-ring (bicyclic) bond motifs is 1. The van der Waals surface area contributed by atoms with Gasteiger partial charge in [-0.3, -0.25) is 9.59 Å². The van der Waals surface area contributed by atoms with E-state index in [1.807, 2.05) is 0 Å². The third kappa shape index (κ3) is 2.62. The van der Waals surface area contributed by atoms with Crippen molar-refractivity contribution in [3.63, 3.8) is 0 Å². The Morgan fingerprint density at radius 1 is 1.10 bits per heavy atom. The number of sulfonamides is 1. The minimum Gasteiger partial charge on any atom is -0.480 e. The van der Waals surface area contributed by atoms with Crippen LogP contribution in [0.1, 0.15) is 5.56 Å². The fourth-order valence-electron chi connectivity index (χ4n) is 1.85. The summed E-state index contributed by atoms with van der Waals surface area (Å²) < 4.78 is 27.1. The zero-order valence-electron chi connectivity index (χ0n) is 10.1. The van der Waals surface area contributed by atoms with E-state index in [1.54, 1.807) is 6.07 Å². The second-order valence-corrected chi connectivity index (χ2v) is 5.60. The Morgan fingerprint density at radius 2 is 1.65 bits per heavy atom. The second-order valence-electron chi connectivity index (χ2n) is 4.03. The molecule has 2 rings (SSSR count). The van der Waals surface area contributed by atoms with Crippen molar-refractivity contribution < 1.29 is 28.2 Å². The van der Waals surface area contributed by atoms with Gasteiger partial charge in [0.05, 0.1) is 0 Å². The van der Waals surface area contributed by atoms with Crippen LogP contribution >= 0.6 is 0 Å². The Bertz CT molecular complexity index is 693. The Kier molecular flexibility index (Phi) is 3.45.